The maximum absolute atomic E-state index is 12.5. The van der Waals surface area contributed by atoms with Crippen LogP contribution in [0, 0.1) is 5.41 Å². The highest BCUT2D eigenvalue weighted by molar-refractivity contribution is 5.80. The number of amides is 1. The third kappa shape index (κ3) is 6.92. The van der Waals surface area contributed by atoms with E-state index in [-0.39, 0.29) is 11.5 Å². The lowest BCUT2D eigenvalue weighted by atomic mass is 9.89. The van der Waals surface area contributed by atoms with Crippen molar-refractivity contribution in [1.29, 1.82) is 0 Å². The van der Waals surface area contributed by atoms with Gasteiger partial charge in [-0.2, -0.15) is 0 Å². The molecule has 2 fully saturated rings. The van der Waals surface area contributed by atoms with Gasteiger partial charge in [-0.05, 0) is 31.6 Å². The van der Waals surface area contributed by atoms with E-state index in [4.69, 9.17) is 9.73 Å². The van der Waals surface area contributed by atoms with Gasteiger partial charge in [0.1, 0.15) is 0 Å². The molecule has 0 bridgehead atoms. The van der Waals surface area contributed by atoms with Crippen molar-refractivity contribution >= 4 is 11.9 Å². The largest absolute Gasteiger partial charge is 0.379 e. The molecule has 2 aliphatic rings. The molecule has 162 valence electrons. The van der Waals surface area contributed by atoms with Gasteiger partial charge in [0.05, 0.1) is 19.2 Å². The van der Waals surface area contributed by atoms with Gasteiger partial charge in [-0.25, -0.2) is 0 Å². The van der Waals surface area contributed by atoms with E-state index in [0.717, 1.165) is 64.6 Å². The number of guanidine groups is 1. The molecule has 0 saturated carbocycles. The molecular weight excluding hydrogens is 354 g/mol. The van der Waals surface area contributed by atoms with Crippen molar-refractivity contribution in [3.63, 3.8) is 0 Å². The van der Waals surface area contributed by atoms with Crippen LogP contribution in [-0.2, 0) is 9.53 Å². The second-order valence-electron chi connectivity index (χ2n) is 8.99. The molecule has 0 radical (unpaired) electrons. The number of rotatable bonds is 6. The van der Waals surface area contributed by atoms with E-state index in [1.807, 2.05) is 4.90 Å². The highest BCUT2D eigenvalue weighted by Crippen LogP contribution is 2.22. The highest BCUT2D eigenvalue weighted by Gasteiger charge is 2.26. The van der Waals surface area contributed by atoms with Gasteiger partial charge in [-0.1, -0.05) is 20.8 Å². The zero-order valence-electron chi connectivity index (χ0n) is 18.7. The Labute approximate surface area is 171 Å². The van der Waals surface area contributed by atoms with Crippen LogP contribution in [0.2, 0.25) is 0 Å². The fraction of sp³-hybridized carbons (Fsp3) is 0.905. The van der Waals surface area contributed by atoms with Crippen molar-refractivity contribution in [2.45, 2.75) is 53.1 Å². The molecule has 0 aromatic carbocycles. The Morgan fingerprint density at radius 3 is 2.21 bits per heavy atom. The van der Waals surface area contributed by atoms with Crippen LogP contribution in [0.1, 0.15) is 47.0 Å². The number of hydrogen-bond acceptors (Lipinski definition) is 4. The summed E-state index contributed by atoms with van der Waals surface area (Å²) in [6.45, 7) is 16.2. The molecule has 0 aromatic heterocycles. The van der Waals surface area contributed by atoms with E-state index in [9.17, 15) is 4.79 Å². The number of carbonyl (C=O) groups is 1. The van der Waals surface area contributed by atoms with Crippen LogP contribution >= 0.6 is 0 Å². The summed E-state index contributed by atoms with van der Waals surface area (Å²) in [6, 6.07) is 0. The fourth-order valence-corrected chi connectivity index (χ4v) is 3.85. The molecule has 2 heterocycles. The Hall–Kier alpha value is -1.34. The minimum atomic E-state index is 0.0586. The molecule has 1 atom stereocenters. The zero-order valence-corrected chi connectivity index (χ0v) is 18.7. The number of nitrogens with zero attached hydrogens (tertiary/aromatic N) is 4. The van der Waals surface area contributed by atoms with Gasteiger partial charge < -0.3 is 19.9 Å². The highest BCUT2D eigenvalue weighted by atomic mass is 16.5. The van der Waals surface area contributed by atoms with Crippen molar-refractivity contribution in [1.82, 2.24) is 20.0 Å². The van der Waals surface area contributed by atoms with Crippen molar-refractivity contribution < 1.29 is 9.53 Å². The first-order valence-corrected chi connectivity index (χ1v) is 10.9. The zero-order chi connectivity index (χ0) is 20.6. The number of piperazine rings is 1. The average molecular weight is 396 g/mol. The third-order valence-corrected chi connectivity index (χ3v) is 5.73. The van der Waals surface area contributed by atoms with Gasteiger partial charge in [0, 0.05) is 52.9 Å². The van der Waals surface area contributed by atoms with E-state index < -0.39 is 0 Å². The van der Waals surface area contributed by atoms with Crippen LogP contribution in [0.3, 0.4) is 0 Å². The SMILES string of the molecule is CCNC(=NCC(OC)C(C)(C)C)N1CCN(CC(=O)N2CCCCC2)CC1. The predicted molar refractivity (Wildman–Crippen MR) is 115 cm³/mol. The second kappa shape index (κ2) is 11.0. The maximum Gasteiger partial charge on any atom is 0.236 e. The van der Waals surface area contributed by atoms with E-state index >= 15 is 0 Å². The Morgan fingerprint density at radius 1 is 1.04 bits per heavy atom. The summed E-state index contributed by atoms with van der Waals surface area (Å²) < 4.78 is 5.65. The fourth-order valence-electron chi connectivity index (χ4n) is 3.85. The van der Waals surface area contributed by atoms with Gasteiger partial charge in [0.2, 0.25) is 5.91 Å². The Balaban J connectivity index is 1.85. The molecule has 2 rings (SSSR count). The first kappa shape index (κ1) is 22.9. The van der Waals surface area contributed by atoms with Crippen LogP contribution in [0.25, 0.3) is 0 Å². The number of methoxy groups -OCH3 is 1. The smallest absolute Gasteiger partial charge is 0.236 e. The van der Waals surface area contributed by atoms with Crippen LogP contribution in [0.4, 0.5) is 0 Å². The third-order valence-electron chi connectivity index (χ3n) is 5.73. The summed E-state index contributed by atoms with van der Waals surface area (Å²) in [4.78, 5) is 24.0. The standard InChI is InChI=1S/C21H41N5O2/c1-6-22-20(23-16-18(28-5)21(2,3)4)26-14-12-24(13-15-26)17-19(27)25-10-8-7-9-11-25/h18H,6-17H2,1-5H3,(H,22,23). The van der Waals surface area contributed by atoms with Crippen molar-refractivity contribution in [3.05, 3.63) is 0 Å². The number of nitrogens with one attached hydrogen (secondary N) is 1. The molecule has 1 unspecified atom stereocenters. The number of hydrogen-bond donors (Lipinski definition) is 1. The van der Waals surface area contributed by atoms with Crippen molar-refractivity contribution in [2.75, 3.05) is 66.0 Å². The summed E-state index contributed by atoms with van der Waals surface area (Å²) in [6.07, 6.45) is 3.65. The lowest BCUT2D eigenvalue weighted by molar-refractivity contribution is -0.133. The molecule has 0 aromatic rings. The topological polar surface area (TPSA) is 60.4 Å². The molecule has 28 heavy (non-hydrogen) atoms. The predicted octanol–water partition coefficient (Wildman–Crippen LogP) is 1.64. The minimum Gasteiger partial charge on any atom is -0.379 e. The van der Waals surface area contributed by atoms with Crippen LogP contribution in [0.15, 0.2) is 4.99 Å². The molecule has 2 aliphatic heterocycles. The Kier molecular flexibility index (Phi) is 9.02. The number of piperidine rings is 1. The first-order chi connectivity index (χ1) is 13.3. The second-order valence-corrected chi connectivity index (χ2v) is 8.99. The molecule has 1 amide bonds. The lowest BCUT2D eigenvalue weighted by Gasteiger charge is -2.37. The number of ether oxygens (including phenoxy) is 1. The van der Waals surface area contributed by atoms with Gasteiger partial charge >= 0.3 is 0 Å². The van der Waals surface area contributed by atoms with E-state index in [1.54, 1.807) is 7.11 Å². The normalized spacial score (nSPS) is 21.0. The molecule has 1 N–H and O–H groups in total. The average Bonchev–Trinajstić information content (AvgIpc) is 2.68. The van der Waals surface area contributed by atoms with E-state index in [1.165, 1.54) is 6.42 Å². The number of aliphatic imine (C=N–C) groups is 1. The Morgan fingerprint density at radius 2 is 1.68 bits per heavy atom. The van der Waals surface area contributed by atoms with Gasteiger partial charge in [-0.15, -0.1) is 0 Å². The number of carbonyl (C=O) groups excluding carboxylic acids is 1. The summed E-state index contributed by atoms with van der Waals surface area (Å²) >= 11 is 0. The van der Waals surface area contributed by atoms with Crippen molar-refractivity contribution in [2.24, 2.45) is 10.4 Å². The van der Waals surface area contributed by atoms with Crippen molar-refractivity contribution in [3.8, 4) is 0 Å². The van der Waals surface area contributed by atoms with Gasteiger partial charge in [0.15, 0.2) is 5.96 Å². The van der Waals surface area contributed by atoms with E-state index in [2.05, 4.69) is 42.8 Å². The number of likely N-dealkylation sites (tertiary alicyclic amines) is 1. The first-order valence-electron chi connectivity index (χ1n) is 10.9. The quantitative estimate of drug-likeness (QED) is 0.547. The molecule has 7 heteroatoms. The van der Waals surface area contributed by atoms with Crippen LogP contribution in [0.5, 0.6) is 0 Å². The molecule has 7 nitrogen and oxygen atoms in total. The summed E-state index contributed by atoms with van der Waals surface area (Å²) in [5, 5.41) is 3.42. The van der Waals surface area contributed by atoms with E-state index in [0.29, 0.717) is 19.0 Å². The lowest BCUT2D eigenvalue weighted by Crippen LogP contribution is -2.54. The monoisotopic (exact) mass is 395 g/mol. The molecule has 2 saturated heterocycles. The minimum absolute atomic E-state index is 0.0586. The van der Waals surface area contributed by atoms with Gasteiger partial charge in [-0.3, -0.25) is 14.7 Å². The molecular formula is C21H41N5O2. The van der Waals surface area contributed by atoms with Gasteiger partial charge in [0.25, 0.3) is 0 Å². The molecule has 0 spiro atoms. The summed E-state index contributed by atoms with van der Waals surface area (Å²) in [5.74, 6) is 1.25. The maximum atomic E-state index is 12.5. The van der Waals surface area contributed by atoms with Crippen LogP contribution < -0.4 is 5.32 Å². The van der Waals surface area contributed by atoms with Crippen LogP contribution in [-0.4, -0.2) is 98.7 Å². The summed E-state index contributed by atoms with van der Waals surface area (Å²) in [5.41, 5.74) is 0.0586. The Bertz CT molecular complexity index is 503. The summed E-state index contributed by atoms with van der Waals surface area (Å²) in [7, 11) is 1.76. The molecule has 0 aliphatic carbocycles.